The molecule has 1 amide bonds. The highest BCUT2D eigenvalue weighted by Gasteiger charge is 2.31. The van der Waals surface area contributed by atoms with Gasteiger partial charge in [-0.1, -0.05) is 0 Å². The summed E-state index contributed by atoms with van der Waals surface area (Å²) >= 11 is 0. The Labute approximate surface area is 115 Å². The molecule has 1 aliphatic heterocycles. The Morgan fingerprint density at radius 1 is 1.50 bits per heavy atom. The topological polar surface area (TPSA) is 100.0 Å². The molecule has 1 aromatic rings. The maximum absolute atomic E-state index is 12.4. The Morgan fingerprint density at radius 2 is 2.25 bits per heavy atom. The van der Waals surface area contributed by atoms with E-state index in [1.807, 2.05) is 0 Å². The molecular formula is C13H16N2O5. The molecule has 0 aromatic carbocycles. The van der Waals surface area contributed by atoms with Crippen LogP contribution in [0.15, 0.2) is 18.3 Å². The molecule has 0 spiro atoms. The number of aromatic carboxylic acids is 1. The van der Waals surface area contributed by atoms with E-state index in [1.165, 1.54) is 23.2 Å². The molecule has 1 saturated heterocycles. The number of ether oxygens (including phenoxy) is 1. The van der Waals surface area contributed by atoms with Crippen molar-refractivity contribution in [1.29, 1.82) is 0 Å². The smallest absolute Gasteiger partial charge is 0.338 e. The SMILES string of the molecule is CC1CN(C(=O)c2ncccc2C(=O)O)CC(CO)O1. The van der Waals surface area contributed by atoms with Crippen molar-refractivity contribution in [3.8, 4) is 0 Å². The predicted molar refractivity (Wildman–Crippen MR) is 68.5 cm³/mol. The number of hydrogen-bond acceptors (Lipinski definition) is 5. The fourth-order valence-electron chi connectivity index (χ4n) is 2.21. The molecule has 0 saturated carbocycles. The molecule has 0 radical (unpaired) electrons. The highest BCUT2D eigenvalue weighted by atomic mass is 16.5. The first kappa shape index (κ1) is 14.4. The number of carboxylic acids is 1. The van der Waals surface area contributed by atoms with Gasteiger partial charge in [0.1, 0.15) is 5.69 Å². The summed E-state index contributed by atoms with van der Waals surface area (Å²) in [6, 6.07) is 2.81. The Kier molecular flexibility index (Phi) is 4.31. The molecule has 0 aliphatic carbocycles. The average Bonchev–Trinajstić information content (AvgIpc) is 2.45. The van der Waals surface area contributed by atoms with E-state index >= 15 is 0 Å². The van der Waals surface area contributed by atoms with Crippen LogP contribution < -0.4 is 0 Å². The Balaban J connectivity index is 2.25. The number of aromatic nitrogens is 1. The summed E-state index contributed by atoms with van der Waals surface area (Å²) < 4.78 is 5.45. The van der Waals surface area contributed by atoms with Crippen molar-refractivity contribution >= 4 is 11.9 Å². The molecule has 20 heavy (non-hydrogen) atoms. The van der Waals surface area contributed by atoms with E-state index in [-0.39, 0.29) is 30.5 Å². The third-order valence-electron chi connectivity index (χ3n) is 3.06. The highest BCUT2D eigenvalue weighted by molar-refractivity contribution is 6.03. The highest BCUT2D eigenvalue weighted by Crippen LogP contribution is 2.15. The Morgan fingerprint density at radius 3 is 2.90 bits per heavy atom. The number of aliphatic hydroxyl groups is 1. The molecule has 0 bridgehead atoms. The lowest BCUT2D eigenvalue weighted by atomic mass is 10.1. The first-order valence-electron chi connectivity index (χ1n) is 6.26. The summed E-state index contributed by atoms with van der Waals surface area (Å²) in [6.07, 6.45) is 0.703. The lowest BCUT2D eigenvalue weighted by molar-refractivity contribution is -0.0859. The van der Waals surface area contributed by atoms with Gasteiger partial charge >= 0.3 is 5.97 Å². The van der Waals surface area contributed by atoms with E-state index in [2.05, 4.69) is 4.98 Å². The number of amides is 1. The predicted octanol–water partition coefficient (Wildman–Crippen LogP) is 0.00160. The monoisotopic (exact) mass is 280 g/mol. The van der Waals surface area contributed by atoms with Crippen molar-refractivity contribution in [1.82, 2.24) is 9.88 Å². The van der Waals surface area contributed by atoms with Crippen LogP contribution in [0.1, 0.15) is 27.8 Å². The minimum absolute atomic E-state index is 0.0919. The normalized spacial score (nSPS) is 22.6. The van der Waals surface area contributed by atoms with E-state index in [0.717, 1.165) is 0 Å². The first-order chi connectivity index (χ1) is 9.52. The quantitative estimate of drug-likeness (QED) is 0.808. The van der Waals surface area contributed by atoms with Crippen molar-refractivity contribution in [2.75, 3.05) is 19.7 Å². The zero-order valence-corrected chi connectivity index (χ0v) is 11.0. The van der Waals surface area contributed by atoms with E-state index in [0.29, 0.717) is 6.54 Å². The largest absolute Gasteiger partial charge is 0.478 e. The number of morpholine rings is 1. The number of rotatable bonds is 3. The lowest BCUT2D eigenvalue weighted by Gasteiger charge is -2.36. The zero-order chi connectivity index (χ0) is 14.7. The van der Waals surface area contributed by atoms with E-state index in [9.17, 15) is 9.59 Å². The van der Waals surface area contributed by atoms with Gasteiger partial charge in [-0.05, 0) is 19.1 Å². The third-order valence-corrected chi connectivity index (χ3v) is 3.06. The number of carbonyl (C=O) groups excluding carboxylic acids is 1. The van der Waals surface area contributed by atoms with Gasteiger partial charge in [0, 0.05) is 19.3 Å². The molecule has 7 heteroatoms. The second-order valence-corrected chi connectivity index (χ2v) is 4.67. The molecule has 2 N–H and O–H groups in total. The standard InChI is InChI=1S/C13H16N2O5/c1-8-5-15(6-9(7-16)20-8)12(17)11-10(13(18)19)3-2-4-14-11/h2-4,8-9,16H,5-7H2,1H3,(H,18,19). The van der Waals surface area contributed by atoms with E-state index in [4.69, 9.17) is 14.9 Å². The van der Waals surface area contributed by atoms with Gasteiger partial charge in [-0.25, -0.2) is 4.79 Å². The number of aliphatic hydroxyl groups excluding tert-OH is 1. The van der Waals surface area contributed by atoms with Crippen molar-refractivity contribution in [2.45, 2.75) is 19.1 Å². The minimum Gasteiger partial charge on any atom is -0.478 e. The second kappa shape index (κ2) is 5.98. The molecule has 2 rings (SSSR count). The molecule has 2 atom stereocenters. The van der Waals surface area contributed by atoms with Crippen LogP contribution in [-0.2, 0) is 4.74 Å². The summed E-state index contributed by atoms with van der Waals surface area (Å²) in [6.45, 7) is 2.15. The molecule has 1 fully saturated rings. The van der Waals surface area contributed by atoms with E-state index < -0.39 is 18.0 Å². The maximum atomic E-state index is 12.4. The van der Waals surface area contributed by atoms with Crippen LogP contribution in [0.25, 0.3) is 0 Å². The summed E-state index contributed by atoms with van der Waals surface area (Å²) in [5.41, 5.74) is -0.219. The molecule has 108 valence electrons. The van der Waals surface area contributed by atoms with E-state index in [1.54, 1.807) is 6.92 Å². The van der Waals surface area contributed by atoms with Crippen molar-refractivity contribution in [3.05, 3.63) is 29.6 Å². The zero-order valence-electron chi connectivity index (χ0n) is 11.0. The summed E-state index contributed by atoms with van der Waals surface area (Å²) in [5, 5.41) is 18.2. The van der Waals surface area contributed by atoms with Crippen molar-refractivity contribution in [2.24, 2.45) is 0 Å². The number of nitrogens with zero attached hydrogens (tertiary/aromatic N) is 2. The van der Waals surface area contributed by atoms with Gasteiger partial charge in [0.05, 0.1) is 24.4 Å². The Bertz CT molecular complexity index is 519. The number of pyridine rings is 1. The van der Waals surface area contributed by atoms with Crippen LogP contribution in [-0.4, -0.2) is 63.9 Å². The molecule has 2 heterocycles. The van der Waals surface area contributed by atoms with Gasteiger partial charge in [0.2, 0.25) is 0 Å². The number of hydrogen-bond donors (Lipinski definition) is 2. The molecule has 1 aliphatic rings. The van der Waals surface area contributed by atoms with Gasteiger partial charge in [-0.3, -0.25) is 9.78 Å². The van der Waals surface area contributed by atoms with Gasteiger partial charge in [0.15, 0.2) is 0 Å². The van der Waals surface area contributed by atoms with Gasteiger partial charge in [-0.15, -0.1) is 0 Å². The van der Waals surface area contributed by atoms with Crippen molar-refractivity contribution in [3.63, 3.8) is 0 Å². The third kappa shape index (κ3) is 2.94. The van der Waals surface area contributed by atoms with Crippen LogP contribution in [0, 0.1) is 0 Å². The Hall–Kier alpha value is -1.99. The minimum atomic E-state index is -1.19. The van der Waals surface area contributed by atoms with Crippen LogP contribution in [0.2, 0.25) is 0 Å². The summed E-state index contributed by atoms with van der Waals surface area (Å²) in [4.78, 5) is 28.9. The van der Waals surface area contributed by atoms with Gasteiger partial charge < -0.3 is 19.8 Å². The van der Waals surface area contributed by atoms with Gasteiger partial charge in [-0.2, -0.15) is 0 Å². The average molecular weight is 280 g/mol. The number of carboxylic acid groups (broad SMARTS) is 1. The second-order valence-electron chi connectivity index (χ2n) is 4.67. The van der Waals surface area contributed by atoms with Crippen LogP contribution >= 0.6 is 0 Å². The first-order valence-corrected chi connectivity index (χ1v) is 6.26. The fourth-order valence-corrected chi connectivity index (χ4v) is 2.21. The molecular weight excluding hydrogens is 264 g/mol. The van der Waals surface area contributed by atoms with Crippen molar-refractivity contribution < 1.29 is 24.5 Å². The van der Waals surface area contributed by atoms with Crippen LogP contribution in [0.4, 0.5) is 0 Å². The lowest BCUT2D eigenvalue weighted by Crippen LogP contribution is -2.50. The molecule has 7 nitrogen and oxygen atoms in total. The van der Waals surface area contributed by atoms with Gasteiger partial charge in [0.25, 0.3) is 5.91 Å². The fraction of sp³-hybridized carbons (Fsp3) is 0.462. The van der Waals surface area contributed by atoms with Crippen LogP contribution in [0.5, 0.6) is 0 Å². The summed E-state index contributed by atoms with van der Waals surface area (Å²) in [5.74, 6) is -1.65. The maximum Gasteiger partial charge on any atom is 0.338 e. The molecule has 2 unspecified atom stereocenters. The number of carbonyl (C=O) groups is 2. The molecule has 1 aromatic heterocycles. The summed E-state index contributed by atoms with van der Waals surface area (Å²) in [7, 11) is 0. The van der Waals surface area contributed by atoms with Crippen LogP contribution in [0.3, 0.4) is 0 Å².